The van der Waals surface area contributed by atoms with Gasteiger partial charge in [-0.15, -0.1) is 0 Å². The minimum absolute atomic E-state index is 0.319. The maximum absolute atomic E-state index is 12.9. The Hall–Kier alpha value is -2.57. The topological polar surface area (TPSA) is 41.7 Å². The van der Waals surface area contributed by atoms with Crippen molar-refractivity contribution in [1.29, 1.82) is 0 Å². The van der Waals surface area contributed by atoms with Crippen LogP contribution < -0.4 is 19.4 Å². The quantitative estimate of drug-likeness (QED) is 0.665. The van der Waals surface area contributed by atoms with Crippen LogP contribution in [-0.2, 0) is 11.3 Å². The molecule has 0 bridgehead atoms. The van der Waals surface area contributed by atoms with E-state index < -0.39 is 0 Å². The van der Waals surface area contributed by atoms with Crippen LogP contribution in [0.15, 0.2) is 48.5 Å². The summed E-state index contributed by atoms with van der Waals surface area (Å²) in [5, 5.41) is 0. The molecule has 0 spiro atoms. The second kappa shape index (κ2) is 10.2. The molecular weight excluding hydrogens is 388 g/mol. The number of carbonyl (C=O) groups excluding carboxylic acids is 1. The van der Waals surface area contributed by atoms with Crippen LogP contribution in [0, 0.1) is 6.92 Å². The van der Waals surface area contributed by atoms with Crippen LogP contribution in [0.2, 0.25) is 0 Å². The molecule has 0 saturated carbocycles. The van der Waals surface area contributed by atoms with E-state index in [1.165, 1.54) is 21.7 Å². The molecular formula is C25H36N4O2+2. The highest BCUT2D eigenvalue weighted by atomic mass is 16.5. The second-order valence-electron chi connectivity index (χ2n) is 8.85. The minimum Gasteiger partial charge on any atom is -0.497 e. The van der Waals surface area contributed by atoms with Gasteiger partial charge in [0, 0.05) is 17.3 Å². The number of methoxy groups -OCH3 is 1. The van der Waals surface area contributed by atoms with E-state index in [1.54, 1.807) is 12.0 Å². The van der Waals surface area contributed by atoms with E-state index >= 15 is 0 Å². The molecule has 166 valence electrons. The van der Waals surface area contributed by atoms with Crippen molar-refractivity contribution in [3.63, 3.8) is 0 Å². The van der Waals surface area contributed by atoms with Crippen molar-refractivity contribution in [2.45, 2.75) is 13.5 Å². The third kappa shape index (κ3) is 5.57. The first-order chi connectivity index (χ1) is 15.1. The Balaban J connectivity index is 1.20. The van der Waals surface area contributed by atoms with Gasteiger partial charge in [0.1, 0.15) is 12.3 Å². The number of benzene rings is 2. The fourth-order valence-corrected chi connectivity index (χ4v) is 4.72. The largest absolute Gasteiger partial charge is 0.497 e. The fourth-order valence-electron chi connectivity index (χ4n) is 4.72. The number of piperazine rings is 2. The molecule has 0 unspecified atom stereocenters. The number of hydrogen-bond acceptors (Lipinski definition) is 3. The average molecular weight is 425 g/mol. The summed E-state index contributed by atoms with van der Waals surface area (Å²) in [6.07, 6.45) is 0. The first-order valence-corrected chi connectivity index (χ1v) is 11.5. The lowest BCUT2D eigenvalue weighted by molar-refractivity contribution is -0.918. The summed E-state index contributed by atoms with van der Waals surface area (Å²) >= 11 is 0. The lowest BCUT2D eigenvalue weighted by atomic mass is 10.1. The molecule has 0 aliphatic carbocycles. The van der Waals surface area contributed by atoms with Crippen LogP contribution in [0.1, 0.15) is 11.1 Å². The summed E-state index contributed by atoms with van der Waals surface area (Å²) in [5.41, 5.74) is 4.00. The molecule has 1 amide bonds. The van der Waals surface area contributed by atoms with Crippen LogP contribution in [0.4, 0.5) is 5.69 Å². The maximum atomic E-state index is 12.9. The van der Waals surface area contributed by atoms with Crippen molar-refractivity contribution in [2.75, 3.05) is 70.9 Å². The highest BCUT2D eigenvalue weighted by Crippen LogP contribution is 2.20. The van der Waals surface area contributed by atoms with Crippen molar-refractivity contribution in [2.24, 2.45) is 0 Å². The highest BCUT2D eigenvalue weighted by Gasteiger charge is 2.28. The Morgan fingerprint density at radius 1 is 0.935 bits per heavy atom. The van der Waals surface area contributed by atoms with Crippen LogP contribution in [-0.4, -0.2) is 76.8 Å². The Morgan fingerprint density at radius 3 is 2.35 bits per heavy atom. The van der Waals surface area contributed by atoms with Gasteiger partial charge in [0.25, 0.3) is 5.91 Å². The molecule has 6 heteroatoms. The summed E-state index contributed by atoms with van der Waals surface area (Å²) < 4.78 is 5.35. The number of carbonyl (C=O) groups is 1. The smallest absolute Gasteiger partial charge is 0.278 e. The first-order valence-electron chi connectivity index (χ1n) is 11.5. The number of hydrogen-bond donors (Lipinski definition) is 2. The molecule has 2 aromatic carbocycles. The van der Waals surface area contributed by atoms with Crippen LogP contribution in [0.5, 0.6) is 5.75 Å². The van der Waals surface area contributed by atoms with Crippen molar-refractivity contribution in [1.82, 2.24) is 4.90 Å². The summed E-state index contributed by atoms with van der Waals surface area (Å²) in [6.45, 7) is 11.7. The molecule has 2 aliphatic heterocycles. The lowest BCUT2D eigenvalue weighted by Crippen LogP contribution is -3.16. The molecule has 2 aliphatic rings. The summed E-state index contributed by atoms with van der Waals surface area (Å²) in [7, 11) is 1.71. The van der Waals surface area contributed by atoms with Gasteiger partial charge in [0.05, 0.1) is 59.5 Å². The van der Waals surface area contributed by atoms with E-state index in [2.05, 4.69) is 53.1 Å². The second-order valence-corrected chi connectivity index (χ2v) is 8.85. The first kappa shape index (κ1) is 21.7. The van der Waals surface area contributed by atoms with Crippen LogP contribution in [0.25, 0.3) is 0 Å². The lowest BCUT2D eigenvalue weighted by Gasteiger charge is -2.36. The minimum atomic E-state index is 0.319. The van der Waals surface area contributed by atoms with E-state index in [1.807, 2.05) is 12.1 Å². The zero-order chi connectivity index (χ0) is 21.6. The third-order valence-corrected chi connectivity index (χ3v) is 6.82. The monoisotopic (exact) mass is 424 g/mol. The molecule has 0 atom stereocenters. The number of amides is 1. The standard InChI is InChI=1S/C25H34N4O2/c1-21-6-3-4-7-22(21)19-26-12-16-29(17-13-26)25(30)20-27-10-14-28(15-11-27)23-8-5-9-24(18-23)31-2/h3-9,18H,10-17,19-20H2,1-2H3/p+2. The van der Waals surface area contributed by atoms with E-state index in [0.29, 0.717) is 12.5 Å². The molecule has 6 nitrogen and oxygen atoms in total. The number of rotatable bonds is 6. The van der Waals surface area contributed by atoms with Gasteiger partial charge in [0.15, 0.2) is 6.54 Å². The molecule has 2 heterocycles. The Labute approximate surface area is 186 Å². The average Bonchev–Trinajstić information content (AvgIpc) is 2.81. The fraction of sp³-hybridized carbons (Fsp3) is 0.480. The summed E-state index contributed by atoms with van der Waals surface area (Å²) in [5.74, 6) is 1.21. The predicted molar refractivity (Wildman–Crippen MR) is 123 cm³/mol. The van der Waals surface area contributed by atoms with Gasteiger partial charge < -0.3 is 24.3 Å². The number of aryl methyl sites for hydroxylation is 1. The molecule has 2 N–H and O–H groups in total. The molecule has 2 saturated heterocycles. The number of anilines is 1. The van der Waals surface area contributed by atoms with Gasteiger partial charge in [0.2, 0.25) is 0 Å². The summed E-state index contributed by atoms with van der Waals surface area (Å²) in [4.78, 5) is 20.3. The van der Waals surface area contributed by atoms with Gasteiger partial charge in [-0.2, -0.15) is 0 Å². The zero-order valence-corrected chi connectivity index (χ0v) is 18.9. The van der Waals surface area contributed by atoms with Crippen molar-refractivity contribution in [3.8, 4) is 5.75 Å². The number of nitrogens with zero attached hydrogens (tertiary/aromatic N) is 2. The van der Waals surface area contributed by atoms with Crippen molar-refractivity contribution in [3.05, 3.63) is 59.7 Å². The SMILES string of the molecule is COc1cccc(N2CC[NH+](CC(=O)N3CC[NH+](Cc4ccccc4C)CC3)CC2)c1. The van der Waals surface area contributed by atoms with Gasteiger partial charge in [-0.1, -0.05) is 30.3 Å². The molecule has 0 aromatic heterocycles. The van der Waals surface area contributed by atoms with Gasteiger partial charge in [-0.05, 0) is 24.6 Å². The van der Waals surface area contributed by atoms with E-state index in [4.69, 9.17) is 4.74 Å². The number of nitrogens with one attached hydrogen (secondary N) is 2. The highest BCUT2D eigenvalue weighted by molar-refractivity contribution is 5.77. The third-order valence-electron chi connectivity index (χ3n) is 6.82. The molecule has 31 heavy (non-hydrogen) atoms. The Morgan fingerprint density at radius 2 is 1.65 bits per heavy atom. The van der Waals surface area contributed by atoms with Gasteiger partial charge in [-0.3, -0.25) is 4.79 Å². The van der Waals surface area contributed by atoms with Gasteiger partial charge >= 0.3 is 0 Å². The summed E-state index contributed by atoms with van der Waals surface area (Å²) in [6, 6.07) is 16.9. The Kier molecular flexibility index (Phi) is 7.10. The number of quaternary nitrogens is 2. The van der Waals surface area contributed by atoms with Crippen LogP contribution in [0.3, 0.4) is 0 Å². The van der Waals surface area contributed by atoms with Gasteiger partial charge in [-0.25, -0.2) is 0 Å². The normalized spacial score (nSPS) is 18.3. The molecule has 4 rings (SSSR count). The van der Waals surface area contributed by atoms with E-state index in [-0.39, 0.29) is 0 Å². The Bertz CT molecular complexity index is 871. The van der Waals surface area contributed by atoms with Crippen LogP contribution >= 0.6 is 0 Å². The molecule has 2 aromatic rings. The van der Waals surface area contributed by atoms with Crippen molar-refractivity contribution < 1.29 is 19.3 Å². The molecule has 0 radical (unpaired) electrons. The maximum Gasteiger partial charge on any atom is 0.278 e. The van der Waals surface area contributed by atoms with Crippen molar-refractivity contribution >= 4 is 11.6 Å². The van der Waals surface area contributed by atoms with E-state index in [0.717, 1.165) is 64.7 Å². The number of ether oxygens (including phenoxy) is 1. The molecule has 2 fully saturated rings. The predicted octanol–water partition coefficient (Wildman–Crippen LogP) is -0.364. The van der Waals surface area contributed by atoms with E-state index in [9.17, 15) is 4.79 Å². The zero-order valence-electron chi connectivity index (χ0n) is 18.9.